The third-order valence-electron chi connectivity index (χ3n) is 3.84. The molecule has 2 aliphatic rings. The third kappa shape index (κ3) is 2.88. The molecule has 0 aromatic heterocycles. The summed E-state index contributed by atoms with van der Waals surface area (Å²) in [5.41, 5.74) is -0.177. The maximum absolute atomic E-state index is 13.8. The minimum Gasteiger partial charge on any atom is -0.507 e. The predicted octanol–water partition coefficient (Wildman–Crippen LogP) is 2.79. The van der Waals surface area contributed by atoms with Crippen LogP contribution in [-0.2, 0) is 0 Å². The summed E-state index contributed by atoms with van der Waals surface area (Å²) < 4.78 is 13.8. The summed E-state index contributed by atoms with van der Waals surface area (Å²) in [6.45, 7) is 1.40. The number of rotatable bonds is 5. The second-order valence-corrected chi connectivity index (χ2v) is 5.73. The van der Waals surface area contributed by atoms with Gasteiger partial charge >= 0.3 is 0 Å². The molecule has 1 aromatic rings. The predicted molar refractivity (Wildman–Crippen MR) is 69.4 cm³/mol. The van der Waals surface area contributed by atoms with Gasteiger partial charge in [-0.25, -0.2) is 4.39 Å². The minimum atomic E-state index is -0.637. The zero-order chi connectivity index (χ0) is 13.4. The summed E-state index contributed by atoms with van der Waals surface area (Å²) in [7, 11) is 0. The van der Waals surface area contributed by atoms with Crippen molar-refractivity contribution in [3.05, 3.63) is 29.6 Å². The number of carbonyl (C=O) groups is 1. The SMILES string of the molecule is O=C(c1c(O)cccc1F)N(CC1CC1)CC1CC1. The number of phenolic OH excluding ortho intramolecular Hbond substituents is 1. The fourth-order valence-electron chi connectivity index (χ4n) is 2.35. The highest BCUT2D eigenvalue weighted by Gasteiger charge is 2.33. The smallest absolute Gasteiger partial charge is 0.260 e. The number of nitrogens with zero attached hydrogens (tertiary/aromatic N) is 1. The van der Waals surface area contributed by atoms with Gasteiger partial charge in [0.25, 0.3) is 5.91 Å². The Morgan fingerprint density at radius 2 is 1.79 bits per heavy atom. The highest BCUT2D eigenvalue weighted by atomic mass is 19.1. The quantitative estimate of drug-likeness (QED) is 0.887. The molecular formula is C15H18FNO2. The first kappa shape index (κ1) is 12.5. The van der Waals surface area contributed by atoms with Crippen molar-refractivity contribution in [3.8, 4) is 5.75 Å². The molecule has 1 amide bonds. The Bertz CT molecular complexity index is 461. The highest BCUT2D eigenvalue weighted by molar-refractivity contribution is 5.97. The number of hydrogen-bond donors (Lipinski definition) is 1. The molecule has 2 fully saturated rings. The molecule has 0 radical (unpaired) electrons. The van der Waals surface area contributed by atoms with Gasteiger partial charge in [0, 0.05) is 13.1 Å². The Kier molecular flexibility index (Phi) is 3.17. The second-order valence-electron chi connectivity index (χ2n) is 5.73. The van der Waals surface area contributed by atoms with Crippen LogP contribution in [0, 0.1) is 17.7 Å². The Labute approximate surface area is 112 Å². The fraction of sp³-hybridized carbons (Fsp3) is 0.533. The Morgan fingerprint density at radius 3 is 2.26 bits per heavy atom. The first-order valence-corrected chi connectivity index (χ1v) is 6.92. The van der Waals surface area contributed by atoms with E-state index in [1.807, 2.05) is 0 Å². The number of benzene rings is 1. The lowest BCUT2D eigenvalue weighted by molar-refractivity contribution is 0.0731. The molecule has 4 heteroatoms. The molecule has 0 bridgehead atoms. The van der Waals surface area contributed by atoms with Gasteiger partial charge in [-0.2, -0.15) is 0 Å². The Balaban J connectivity index is 1.81. The normalized spacial score (nSPS) is 18.4. The Morgan fingerprint density at radius 1 is 1.21 bits per heavy atom. The molecule has 0 aliphatic heterocycles. The third-order valence-corrected chi connectivity index (χ3v) is 3.84. The minimum absolute atomic E-state index is 0.177. The van der Waals surface area contributed by atoms with Crippen LogP contribution >= 0.6 is 0 Å². The largest absolute Gasteiger partial charge is 0.507 e. The lowest BCUT2D eigenvalue weighted by Gasteiger charge is -2.23. The van der Waals surface area contributed by atoms with Crippen LogP contribution in [0.25, 0.3) is 0 Å². The zero-order valence-electron chi connectivity index (χ0n) is 10.8. The van der Waals surface area contributed by atoms with Gasteiger partial charge in [-0.1, -0.05) is 6.07 Å². The zero-order valence-corrected chi connectivity index (χ0v) is 10.8. The Hall–Kier alpha value is -1.58. The topological polar surface area (TPSA) is 40.5 Å². The van der Waals surface area contributed by atoms with Gasteiger partial charge in [0.15, 0.2) is 0 Å². The van der Waals surface area contributed by atoms with Crippen LogP contribution in [0.3, 0.4) is 0 Å². The fourth-order valence-corrected chi connectivity index (χ4v) is 2.35. The summed E-state index contributed by atoms with van der Waals surface area (Å²) in [5.74, 6) is -0.133. The van der Waals surface area contributed by atoms with Crippen molar-refractivity contribution >= 4 is 5.91 Å². The maximum Gasteiger partial charge on any atom is 0.260 e. The van der Waals surface area contributed by atoms with E-state index in [-0.39, 0.29) is 17.2 Å². The molecule has 0 heterocycles. The van der Waals surface area contributed by atoms with E-state index in [0.29, 0.717) is 24.9 Å². The van der Waals surface area contributed by atoms with E-state index in [4.69, 9.17) is 0 Å². The van der Waals surface area contributed by atoms with Crippen LogP contribution in [0.15, 0.2) is 18.2 Å². The van der Waals surface area contributed by atoms with Crippen molar-refractivity contribution < 1.29 is 14.3 Å². The molecule has 102 valence electrons. The van der Waals surface area contributed by atoms with Gasteiger partial charge in [0.1, 0.15) is 17.1 Å². The summed E-state index contributed by atoms with van der Waals surface area (Å²) >= 11 is 0. The number of halogens is 1. The van der Waals surface area contributed by atoms with Crippen molar-refractivity contribution in [3.63, 3.8) is 0 Å². The number of phenols is 1. The first-order chi connectivity index (χ1) is 9.15. The molecule has 3 nitrogen and oxygen atoms in total. The van der Waals surface area contributed by atoms with Crippen LogP contribution in [0.5, 0.6) is 5.75 Å². The van der Waals surface area contributed by atoms with Gasteiger partial charge in [0.2, 0.25) is 0 Å². The highest BCUT2D eigenvalue weighted by Crippen LogP contribution is 2.35. The van der Waals surface area contributed by atoms with Gasteiger partial charge in [0.05, 0.1) is 0 Å². The first-order valence-electron chi connectivity index (χ1n) is 6.92. The molecule has 0 unspecified atom stereocenters. The lowest BCUT2D eigenvalue weighted by Crippen LogP contribution is -2.35. The molecule has 2 aliphatic carbocycles. The summed E-state index contributed by atoms with van der Waals surface area (Å²) in [6.07, 6.45) is 4.60. The standard InChI is InChI=1S/C15H18FNO2/c16-12-2-1-3-13(18)14(12)15(19)17(8-10-4-5-10)9-11-6-7-11/h1-3,10-11,18H,4-9H2. The molecule has 19 heavy (non-hydrogen) atoms. The second kappa shape index (κ2) is 4.83. The van der Waals surface area contributed by atoms with Crippen molar-refractivity contribution in [2.75, 3.05) is 13.1 Å². The monoisotopic (exact) mass is 263 g/mol. The van der Waals surface area contributed by atoms with Crippen molar-refractivity contribution in [2.24, 2.45) is 11.8 Å². The van der Waals surface area contributed by atoms with Gasteiger partial charge in [-0.15, -0.1) is 0 Å². The van der Waals surface area contributed by atoms with Crippen molar-refractivity contribution in [1.29, 1.82) is 0 Å². The van der Waals surface area contributed by atoms with Crippen LogP contribution in [-0.4, -0.2) is 29.0 Å². The molecule has 0 spiro atoms. The molecule has 0 atom stereocenters. The van der Waals surface area contributed by atoms with Gasteiger partial charge in [-0.3, -0.25) is 4.79 Å². The number of hydrogen-bond acceptors (Lipinski definition) is 2. The summed E-state index contributed by atoms with van der Waals surface area (Å²) in [5, 5.41) is 9.72. The molecule has 1 N–H and O–H groups in total. The van der Waals surface area contributed by atoms with Crippen molar-refractivity contribution in [1.82, 2.24) is 4.90 Å². The lowest BCUT2D eigenvalue weighted by atomic mass is 10.1. The number of carbonyl (C=O) groups excluding carboxylic acids is 1. The molecule has 2 saturated carbocycles. The van der Waals surface area contributed by atoms with Crippen LogP contribution in [0.4, 0.5) is 4.39 Å². The van der Waals surface area contributed by atoms with Gasteiger partial charge < -0.3 is 10.0 Å². The molecule has 3 rings (SSSR count). The average Bonchev–Trinajstić information content (AvgIpc) is 3.22. The van der Waals surface area contributed by atoms with E-state index in [0.717, 1.165) is 25.7 Å². The van der Waals surface area contributed by atoms with Crippen LogP contribution < -0.4 is 0 Å². The van der Waals surface area contributed by atoms with E-state index in [1.165, 1.54) is 18.2 Å². The van der Waals surface area contributed by atoms with E-state index in [9.17, 15) is 14.3 Å². The van der Waals surface area contributed by atoms with E-state index < -0.39 is 5.82 Å². The summed E-state index contributed by atoms with van der Waals surface area (Å²) in [6, 6.07) is 4.00. The van der Waals surface area contributed by atoms with Crippen LogP contribution in [0.2, 0.25) is 0 Å². The summed E-state index contributed by atoms with van der Waals surface area (Å²) in [4.78, 5) is 14.2. The number of aromatic hydroxyl groups is 1. The van der Waals surface area contributed by atoms with Crippen LogP contribution in [0.1, 0.15) is 36.0 Å². The molecule has 0 saturated heterocycles. The van der Waals surface area contributed by atoms with E-state index >= 15 is 0 Å². The van der Waals surface area contributed by atoms with E-state index in [2.05, 4.69) is 0 Å². The maximum atomic E-state index is 13.8. The van der Waals surface area contributed by atoms with Crippen molar-refractivity contribution in [2.45, 2.75) is 25.7 Å². The van der Waals surface area contributed by atoms with Gasteiger partial charge in [-0.05, 0) is 49.7 Å². The molecular weight excluding hydrogens is 245 g/mol. The van der Waals surface area contributed by atoms with E-state index in [1.54, 1.807) is 4.90 Å². The number of amides is 1. The average molecular weight is 263 g/mol. The molecule has 1 aromatic carbocycles.